The summed E-state index contributed by atoms with van der Waals surface area (Å²) >= 11 is 6.14. The van der Waals surface area contributed by atoms with Crippen molar-refractivity contribution in [3.8, 4) is 5.75 Å². The Morgan fingerprint density at radius 3 is 2.78 bits per heavy atom. The van der Waals surface area contributed by atoms with Gasteiger partial charge in [-0.1, -0.05) is 35.9 Å². The van der Waals surface area contributed by atoms with Gasteiger partial charge in [-0.3, -0.25) is 4.79 Å². The van der Waals surface area contributed by atoms with Crippen LogP contribution in [0.5, 0.6) is 5.75 Å². The average Bonchev–Trinajstić information content (AvgIpc) is 2.70. The number of aromatic nitrogens is 2. The van der Waals surface area contributed by atoms with Crippen LogP contribution in [0.15, 0.2) is 54.9 Å². The minimum Gasteiger partial charge on any atom is -0.496 e. The van der Waals surface area contributed by atoms with E-state index in [0.717, 1.165) is 22.6 Å². The van der Waals surface area contributed by atoms with Gasteiger partial charge in [-0.15, -0.1) is 0 Å². The summed E-state index contributed by atoms with van der Waals surface area (Å²) < 4.78 is 5.29. The Balaban J connectivity index is 1.71. The molecule has 2 aromatic carbocycles. The topological polar surface area (TPSA) is 76.1 Å². The highest BCUT2D eigenvalue weighted by molar-refractivity contribution is 6.31. The second kappa shape index (κ2) is 8.51. The molecule has 3 aromatic rings. The Kier molecular flexibility index (Phi) is 5.88. The number of anilines is 2. The molecule has 0 fully saturated rings. The number of amides is 1. The lowest BCUT2D eigenvalue weighted by atomic mass is 10.2. The summed E-state index contributed by atoms with van der Waals surface area (Å²) in [6.45, 7) is 2.25. The molecule has 0 atom stereocenters. The molecular weight excluding hydrogens is 364 g/mol. The molecule has 1 amide bonds. The van der Waals surface area contributed by atoms with Crippen LogP contribution in [0.4, 0.5) is 11.5 Å². The fourth-order valence-electron chi connectivity index (χ4n) is 2.55. The van der Waals surface area contributed by atoms with Crippen molar-refractivity contribution in [3.63, 3.8) is 0 Å². The summed E-state index contributed by atoms with van der Waals surface area (Å²) in [5, 5.41) is 6.66. The molecule has 0 bridgehead atoms. The number of nitrogens with zero attached hydrogens (tertiary/aromatic N) is 2. The molecule has 0 aliphatic rings. The van der Waals surface area contributed by atoms with Gasteiger partial charge in [0.1, 0.15) is 23.6 Å². The van der Waals surface area contributed by atoms with Gasteiger partial charge in [-0.2, -0.15) is 0 Å². The molecule has 7 heteroatoms. The number of nitrogens with one attached hydrogen (secondary N) is 2. The summed E-state index contributed by atoms with van der Waals surface area (Å²) in [7, 11) is 1.60. The van der Waals surface area contributed by atoms with E-state index < -0.39 is 0 Å². The van der Waals surface area contributed by atoms with E-state index in [1.165, 1.54) is 6.33 Å². The molecule has 1 heterocycles. The fraction of sp³-hybridized carbons (Fsp3) is 0.150. The maximum atomic E-state index is 12.5. The molecule has 138 valence electrons. The molecule has 0 spiro atoms. The third kappa shape index (κ3) is 4.54. The van der Waals surface area contributed by atoms with Gasteiger partial charge in [0.25, 0.3) is 5.91 Å². The molecule has 2 N–H and O–H groups in total. The number of hydrogen-bond acceptors (Lipinski definition) is 5. The minimum absolute atomic E-state index is 0.266. The molecule has 1 aromatic heterocycles. The van der Waals surface area contributed by atoms with Crippen molar-refractivity contribution in [2.75, 3.05) is 12.4 Å². The number of hydrogen-bond donors (Lipinski definition) is 2. The van der Waals surface area contributed by atoms with Gasteiger partial charge in [0.2, 0.25) is 0 Å². The number of rotatable bonds is 6. The van der Waals surface area contributed by atoms with Crippen molar-refractivity contribution in [1.29, 1.82) is 0 Å². The first-order chi connectivity index (χ1) is 13.1. The normalized spacial score (nSPS) is 10.3. The summed E-state index contributed by atoms with van der Waals surface area (Å²) in [6.07, 6.45) is 1.35. The second-order valence-corrected chi connectivity index (χ2v) is 6.23. The maximum absolute atomic E-state index is 12.5. The zero-order valence-electron chi connectivity index (χ0n) is 15.0. The molecule has 3 rings (SSSR count). The van der Waals surface area contributed by atoms with Gasteiger partial charge in [-0.25, -0.2) is 9.97 Å². The van der Waals surface area contributed by atoms with Crippen molar-refractivity contribution in [2.45, 2.75) is 13.5 Å². The van der Waals surface area contributed by atoms with Crippen molar-refractivity contribution in [3.05, 3.63) is 76.7 Å². The highest BCUT2D eigenvalue weighted by Crippen LogP contribution is 2.25. The van der Waals surface area contributed by atoms with Crippen LogP contribution >= 0.6 is 11.6 Å². The Morgan fingerprint density at radius 2 is 1.96 bits per heavy atom. The van der Waals surface area contributed by atoms with Gasteiger partial charge < -0.3 is 15.4 Å². The quantitative estimate of drug-likeness (QED) is 0.670. The van der Waals surface area contributed by atoms with E-state index in [0.29, 0.717) is 17.4 Å². The lowest BCUT2D eigenvalue weighted by Gasteiger charge is -2.11. The first-order valence-electron chi connectivity index (χ1n) is 8.32. The lowest BCUT2D eigenvalue weighted by Crippen LogP contribution is -2.24. The molecule has 6 nitrogen and oxygen atoms in total. The third-order valence-corrected chi connectivity index (χ3v) is 4.47. The lowest BCUT2D eigenvalue weighted by molar-refractivity contribution is 0.0945. The van der Waals surface area contributed by atoms with Crippen molar-refractivity contribution in [2.24, 2.45) is 0 Å². The van der Waals surface area contributed by atoms with E-state index in [2.05, 4.69) is 20.6 Å². The summed E-state index contributed by atoms with van der Waals surface area (Å²) in [4.78, 5) is 20.7. The van der Waals surface area contributed by atoms with E-state index in [-0.39, 0.29) is 11.6 Å². The van der Waals surface area contributed by atoms with Crippen LogP contribution in [0.3, 0.4) is 0 Å². The summed E-state index contributed by atoms with van der Waals surface area (Å²) in [5.74, 6) is 0.936. The third-order valence-electron chi connectivity index (χ3n) is 4.06. The predicted molar refractivity (Wildman–Crippen MR) is 106 cm³/mol. The zero-order chi connectivity index (χ0) is 19.2. The van der Waals surface area contributed by atoms with Gasteiger partial charge in [0.15, 0.2) is 0 Å². The van der Waals surface area contributed by atoms with E-state index in [1.807, 2.05) is 49.4 Å². The Hall–Kier alpha value is -3.12. The van der Waals surface area contributed by atoms with Crippen molar-refractivity contribution in [1.82, 2.24) is 15.3 Å². The molecule has 0 radical (unpaired) electrons. The smallest absolute Gasteiger partial charge is 0.270 e. The number of halogens is 1. The van der Waals surface area contributed by atoms with Crippen LogP contribution in [-0.2, 0) is 6.54 Å². The molecule has 0 aliphatic heterocycles. The van der Waals surface area contributed by atoms with Crippen LogP contribution in [0.2, 0.25) is 5.02 Å². The first-order valence-corrected chi connectivity index (χ1v) is 8.70. The van der Waals surface area contributed by atoms with Gasteiger partial charge >= 0.3 is 0 Å². The highest BCUT2D eigenvalue weighted by atomic mass is 35.5. The average molecular weight is 383 g/mol. The van der Waals surface area contributed by atoms with E-state index in [4.69, 9.17) is 16.3 Å². The minimum atomic E-state index is -0.297. The Morgan fingerprint density at radius 1 is 1.15 bits per heavy atom. The van der Waals surface area contributed by atoms with Gasteiger partial charge in [-0.05, 0) is 30.7 Å². The number of methoxy groups -OCH3 is 1. The summed E-state index contributed by atoms with van der Waals surface area (Å²) in [5.41, 5.74) is 2.87. The van der Waals surface area contributed by atoms with Crippen LogP contribution in [-0.4, -0.2) is 23.0 Å². The fourth-order valence-corrected chi connectivity index (χ4v) is 2.72. The summed E-state index contributed by atoms with van der Waals surface area (Å²) in [6, 6.07) is 14.7. The van der Waals surface area contributed by atoms with Crippen LogP contribution in [0.25, 0.3) is 0 Å². The Bertz CT molecular complexity index is 962. The van der Waals surface area contributed by atoms with Crippen molar-refractivity contribution < 1.29 is 9.53 Å². The predicted octanol–water partition coefficient (Wildman–Crippen LogP) is 4.12. The Labute approximate surface area is 162 Å². The number of carbonyl (C=O) groups excluding carboxylic acids is 1. The van der Waals surface area contributed by atoms with E-state index in [9.17, 15) is 4.79 Å². The number of benzene rings is 2. The first kappa shape index (κ1) is 18.7. The molecule has 0 saturated carbocycles. The largest absolute Gasteiger partial charge is 0.496 e. The second-order valence-electron chi connectivity index (χ2n) is 5.82. The maximum Gasteiger partial charge on any atom is 0.270 e. The molecule has 27 heavy (non-hydrogen) atoms. The van der Waals surface area contributed by atoms with Crippen molar-refractivity contribution >= 4 is 29.0 Å². The van der Waals surface area contributed by atoms with Crippen LogP contribution in [0.1, 0.15) is 21.6 Å². The van der Waals surface area contributed by atoms with Crippen LogP contribution < -0.4 is 15.4 Å². The monoisotopic (exact) mass is 382 g/mol. The van der Waals surface area contributed by atoms with Gasteiger partial charge in [0.05, 0.1) is 7.11 Å². The highest BCUT2D eigenvalue weighted by Gasteiger charge is 2.11. The van der Waals surface area contributed by atoms with E-state index >= 15 is 0 Å². The standard InChI is InChI=1S/C20H19ClN4O2/c1-13-15(21)7-5-8-16(13)25-19-10-17(23-12-24-19)20(26)22-11-14-6-3-4-9-18(14)27-2/h3-10,12H,11H2,1-2H3,(H,22,26)(H,23,24,25). The zero-order valence-corrected chi connectivity index (χ0v) is 15.7. The van der Waals surface area contributed by atoms with Gasteiger partial charge in [0, 0.05) is 28.9 Å². The SMILES string of the molecule is COc1ccccc1CNC(=O)c1cc(Nc2cccc(Cl)c2C)ncn1. The molecular formula is C20H19ClN4O2. The number of carbonyl (C=O) groups is 1. The van der Waals surface area contributed by atoms with E-state index in [1.54, 1.807) is 13.2 Å². The molecule has 0 aliphatic carbocycles. The van der Waals surface area contributed by atoms with Crippen LogP contribution in [0, 0.1) is 6.92 Å². The molecule has 0 saturated heterocycles. The number of para-hydroxylation sites is 1. The number of ether oxygens (including phenoxy) is 1. The molecule has 0 unspecified atom stereocenters.